The molecule has 14 heavy (non-hydrogen) atoms. The van der Waals surface area contributed by atoms with Gasteiger partial charge in [0.2, 0.25) is 0 Å². The number of carbonyl (C=O) groups excluding carboxylic acids is 1. The number of carbonyl (C=O) groups is 1. The molecule has 72 valence electrons. The number of halogens is 1. The van der Waals surface area contributed by atoms with E-state index in [0.29, 0.717) is 10.8 Å². The molecule has 1 aromatic rings. The summed E-state index contributed by atoms with van der Waals surface area (Å²) in [4.78, 5) is 16.4. The summed E-state index contributed by atoms with van der Waals surface area (Å²) in [6.45, 7) is 3.60. The van der Waals surface area contributed by atoms with E-state index in [1.165, 1.54) is 0 Å². The summed E-state index contributed by atoms with van der Waals surface area (Å²) in [6, 6.07) is 5.13. The Balaban J connectivity index is 2.54. The quantitative estimate of drug-likeness (QED) is 0.719. The first-order valence-corrected chi connectivity index (χ1v) is 4.49. The van der Waals surface area contributed by atoms with Gasteiger partial charge < -0.3 is 4.84 Å². The maximum atomic E-state index is 11.3. The third kappa shape index (κ3) is 1.36. The van der Waals surface area contributed by atoms with Crippen LogP contribution in [0.3, 0.4) is 0 Å². The minimum Gasteiger partial charge on any atom is -0.379 e. The first-order chi connectivity index (χ1) is 6.72. The smallest absolute Gasteiger partial charge is 0.264 e. The van der Waals surface area contributed by atoms with E-state index >= 15 is 0 Å². The Bertz CT molecular complexity index is 403. The van der Waals surface area contributed by atoms with Gasteiger partial charge in [0.15, 0.2) is 5.75 Å². The molecule has 1 aromatic carbocycles. The molecule has 0 aromatic heterocycles. The molecule has 1 amide bonds. The maximum Gasteiger partial charge on any atom is 0.264 e. The minimum absolute atomic E-state index is 0.227. The van der Waals surface area contributed by atoms with Crippen LogP contribution in [0.4, 0.5) is 0 Å². The molecule has 0 radical (unpaired) electrons. The Morgan fingerprint density at radius 3 is 3.07 bits per heavy atom. The molecule has 0 saturated carbocycles. The third-order valence-electron chi connectivity index (χ3n) is 2.09. The monoisotopic (exact) mass is 209 g/mol. The summed E-state index contributed by atoms with van der Waals surface area (Å²) in [5.74, 6) is -0.00823. The lowest BCUT2D eigenvalue weighted by molar-refractivity contribution is -0.129. The molecule has 0 spiro atoms. The van der Waals surface area contributed by atoms with Crippen molar-refractivity contribution in [2.45, 2.75) is 5.92 Å². The van der Waals surface area contributed by atoms with Crippen molar-refractivity contribution < 1.29 is 9.63 Å². The molecule has 1 heterocycles. The van der Waals surface area contributed by atoms with Crippen molar-refractivity contribution in [3.8, 4) is 5.75 Å². The van der Waals surface area contributed by atoms with E-state index in [-0.39, 0.29) is 5.91 Å². The molecular weight excluding hydrogens is 202 g/mol. The predicted octanol–water partition coefficient (Wildman–Crippen LogP) is 2.03. The normalized spacial score (nSPS) is 19.2. The Hall–Kier alpha value is -1.48. The fourth-order valence-electron chi connectivity index (χ4n) is 1.40. The summed E-state index contributed by atoms with van der Waals surface area (Å²) < 4.78 is 0. The average Bonchev–Trinajstić information content (AvgIpc) is 2.17. The molecule has 4 heteroatoms. The largest absolute Gasteiger partial charge is 0.379 e. The zero-order valence-electron chi connectivity index (χ0n) is 7.29. The van der Waals surface area contributed by atoms with Gasteiger partial charge in [0.1, 0.15) is 0 Å². The molecule has 2 rings (SSSR count). The lowest BCUT2D eigenvalue weighted by atomic mass is 9.97. The van der Waals surface area contributed by atoms with Crippen molar-refractivity contribution >= 4 is 17.5 Å². The second-order valence-corrected chi connectivity index (χ2v) is 3.40. The van der Waals surface area contributed by atoms with Crippen LogP contribution in [0.5, 0.6) is 5.75 Å². The topological polar surface area (TPSA) is 38.3 Å². The van der Waals surface area contributed by atoms with Crippen LogP contribution in [0, 0.1) is 0 Å². The third-order valence-corrected chi connectivity index (χ3v) is 2.32. The van der Waals surface area contributed by atoms with Crippen LogP contribution in [0.25, 0.3) is 0 Å². The maximum absolute atomic E-state index is 11.3. The van der Waals surface area contributed by atoms with Crippen molar-refractivity contribution in [2.75, 3.05) is 0 Å². The van der Waals surface area contributed by atoms with E-state index in [9.17, 15) is 4.79 Å². The first-order valence-electron chi connectivity index (χ1n) is 4.11. The Labute approximate surface area is 86.3 Å². The SMILES string of the molecule is C=CC1C(=O)NOc2ccc(Cl)cc21. The molecule has 0 aliphatic carbocycles. The van der Waals surface area contributed by atoms with E-state index in [1.54, 1.807) is 24.3 Å². The first kappa shape index (κ1) is 9.09. The number of benzene rings is 1. The summed E-state index contributed by atoms with van der Waals surface area (Å²) in [5, 5.41) is 0.578. The van der Waals surface area contributed by atoms with Crippen molar-refractivity contribution in [1.82, 2.24) is 5.48 Å². The van der Waals surface area contributed by atoms with Gasteiger partial charge in [-0.05, 0) is 18.2 Å². The van der Waals surface area contributed by atoms with Crippen LogP contribution in [0.15, 0.2) is 30.9 Å². The molecule has 3 nitrogen and oxygen atoms in total. The number of hydroxylamine groups is 1. The van der Waals surface area contributed by atoms with Gasteiger partial charge in [-0.25, -0.2) is 0 Å². The zero-order chi connectivity index (χ0) is 10.1. The fraction of sp³-hybridized carbons (Fsp3) is 0.100. The second-order valence-electron chi connectivity index (χ2n) is 2.96. The fourth-order valence-corrected chi connectivity index (χ4v) is 1.58. The van der Waals surface area contributed by atoms with Crippen molar-refractivity contribution in [3.63, 3.8) is 0 Å². The van der Waals surface area contributed by atoms with Gasteiger partial charge in [-0.1, -0.05) is 17.7 Å². The number of rotatable bonds is 1. The highest BCUT2D eigenvalue weighted by molar-refractivity contribution is 6.30. The molecule has 0 saturated heterocycles. The highest BCUT2D eigenvalue weighted by atomic mass is 35.5. The van der Waals surface area contributed by atoms with Crippen LogP contribution in [-0.4, -0.2) is 5.91 Å². The summed E-state index contributed by atoms with van der Waals surface area (Å²) in [7, 11) is 0. The van der Waals surface area contributed by atoms with Gasteiger partial charge in [-0.2, -0.15) is 5.48 Å². The number of fused-ring (bicyclic) bond motifs is 1. The molecular formula is C10H8ClNO2. The number of hydrogen-bond acceptors (Lipinski definition) is 2. The Morgan fingerprint density at radius 1 is 1.57 bits per heavy atom. The van der Waals surface area contributed by atoms with Gasteiger partial charge in [0, 0.05) is 10.6 Å². The van der Waals surface area contributed by atoms with Crippen molar-refractivity contribution in [2.24, 2.45) is 0 Å². The van der Waals surface area contributed by atoms with Gasteiger partial charge in [0.05, 0.1) is 5.92 Å². The van der Waals surface area contributed by atoms with Gasteiger partial charge >= 0.3 is 0 Å². The predicted molar refractivity (Wildman–Crippen MR) is 53.2 cm³/mol. The van der Waals surface area contributed by atoms with Crippen LogP contribution >= 0.6 is 11.6 Å². The average molecular weight is 210 g/mol. The van der Waals surface area contributed by atoms with E-state index in [1.807, 2.05) is 0 Å². The van der Waals surface area contributed by atoms with E-state index in [0.717, 1.165) is 5.56 Å². The Kier molecular flexibility index (Phi) is 2.17. The van der Waals surface area contributed by atoms with Gasteiger partial charge in [-0.15, -0.1) is 6.58 Å². The van der Waals surface area contributed by atoms with E-state index in [2.05, 4.69) is 12.1 Å². The molecule has 0 fully saturated rings. The van der Waals surface area contributed by atoms with Crippen LogP contribution in [0.1, 0.15) is 11.5 Å². The number of hydrogen-bond donors (Lipinski definition) is 1. The lowest BCUT2D eigenvalue weighted by Gasteiger charge is -2.22. The number of amides is 1. The molecule has 1 aliphatic rings. The highest BCUT2D eigenvalue weighted by Gasteiger charge is 2.26. The van der Waals surface area contributed by atoms with Gasteiger partial charge in [-0.3, -0.25) is 4.79 Å². The molecule has 1 aliphatic heterocycles. The van der Waals surface area contributed by atoms with Gasteiger partial charge in [0.25, 0.3) is 5.91 Å². The molecule has 1 atom stereocenters. The molecule has 0 bridgehead atoms. The zero-order valence-corrected chi connectivity index (χ0v) is 8.04. The molecule has 1 unspecified atom stereocenters. The summed E-state index contributed by atoms with van der Waals surface area (Å²) in [5.41, 5.74) is 3.05. The van der Waals surface area contributed by atoms with Crippen LogP contribution < -0.4 is 10.3 Å². The van der Waals surface area contributed by atoms with E-state index < -0.39 is 5.92 Å². The van der Waals surface area contributed by atoms with Crippen molar-refractivity contribution in [3.05, 3.63) is 41.4 Å². The van der Waals surface area contributed by atoms with Crippen LogP contribution in [0.2, 0.25) is 5.02 Å². The number of nitrogens with one attached hydrogen (secondary N) is 1. The summed E-state index contributed by atoms with van der Waals surface area (Å²) >= 11 is 5.83. The van der Waals surface area contributed by atoms with Crippen LogP contribution in [-0.2, 0) is 4.79 Å². The standard InChI is InChI=1S/C10H8ClNO2/c1-2-7-8-5-6(11)3-4-9(8)14-12-10(7)13/h2-5,7H,1H2,(H,12,13). The molecule has 1 N–H and O–H groups in total. The minimum atomic E-state index is -0.391. The Morgan fingerprint density at radius 2 is 2.36 bits per heavy atom. The highest BCUT2D eigenvalue weighted by Crippen LogP contribution is 2.32. The van der Waals surface area contributed by atoms with E-state index in [4.69, 9.17) is 16.4 Å². The second kappa shape index (κ2) is 3.35. The lowest BCUT2D eigenvalue weighted by Crippen LogP contribution is -2.36. The summed E-state index contributed by atoms with van der Waals surface area (Å²) in [6.07, 6.45) is 1.56. The van der Waals surface area contributed by atoms with Crippen molar-refractivity contribution in [1.29, 1.82) is 0 Å².